The van der Waals surface area contributed by atoms with Gasteiger partial charge in [-0.1, -0.05) is 11.6 Å². The molecule has 7 heteroatoms. The maximum Gasteiger partial charge on any atom is 0.268 e. The van der Waals surface area contributed by atoms with E-state index in [2.05, 4.69) is 15.4 Å². The van der Waals surface area contributed by atoms with Gasteiger partial charge >= 0.3 is 0 Å². The van der Waals surface area contributed by atoms with E-state index in [1.54, 1.807) is 34.9 Å². The van der Waals surface area contributed by atoms with Crippen LogP contribution in [0.15, 0.2) is 24.9 Å². The van der Waals surface area contributed by atoms with E-state index in [0.29, 0.717) is 23.8 Å². The third-order valence-corrected chi connectivity index (χ3v) is 2.50. The van der Waals surface area contributed by atoms with Crippen molar-refractivity contribution in [3.05, 3.63) is 35.6 Å². The lowest BCUT2D eigenvalue weighted by atomic mass is 10.4. The Labute approximate surface area is 103 Å². The van der Waals surface area contributed by atoms with E-state index < -0.39 is 0 Å². The van der Waals surface area contributed by atoms with E-state index in [4.69, 9.17) is 11.6 Å². The Balaban J connectivity index is 1.87. The molecule has 0 saturated carbocycles. The van der Waals surface area contributed by atoms with E-state index in [-0.39, 0.29) is 5.91 Å². The van der Waals surface area contributed by atoms with Gasteiger partial charge in [-0.05, 0) is 6.07 Å². The molecule has 0 unspecified atom stereocenters. The van der Waals surface area contributed by atoms with Crippen molar-refractivity contribution in [1.29, 1.82) is 0 Å². The maximum atomic E-state index is 11.8. The Morgan fingerprint density at radius 2 is 2.41 bits per heavy atom. The molecule has 6 nitrogen and oxygen atoms in total. The summed E-state index contributed by atoms with van der Waals surface area (Å²) in [4.78, 5) is 15.6. The summed E-state index contributed by atoms with van der Waals surface area (Å²) in [6.07, 6.45) is 4.75. The van der Waals surface area contributed by atoms with Gasteiger partial charge in [-0.25, -0.2) is 4.98 Å². The van der Waals surface area contributed by atoms with Crippen LogP contribution in [0.3, 0.4) is 0 Å². The summed E-state index contributed by atoms with van der Waals surface area (Å²) in [7, 11) is 1.78. The van der Waals surface area contributed by atoms with Crippen LogP contribution in [0, 0.1) is 0 Å². The molecule has 0 atom stereocenters. The number of aryl methyl sites for hydroxylation is 1. The molecule has 1 N–H and O–H groups in total. The molecular weight excluding hydrogens is 242 g/mol. The number of carbonyl (C=O) groups excluding carboxylic acids is 1. The number of halogens is 1. The highest BCUT2D eigenvalue weighted by molar-refractivity contribution is 6.31. The Bertz CT molecular complexity index is 505. The van der Waals surface area contributed by atoms with Gasteiger partial charge in [0.2, 0.25) is 0 Å². The highest BCUT2D eigenvalue weighted by atomic mass is 35.5. The van der Waals surface area contributed by atoms with Gasteiger partial charge in [-0.15, -0.1) is 0 Å². The van der Waals surface area contributed by atoms with Gasteiger partial charge in [0.15, 0.2) is 0 Å². The first-order valence-corrected chi connectivity index (χ1v) is 5.47. The molecule has 1 amide bonds. The summed E-state index contributed by atoms with van der Waals surface area (Å²) in [5, 5.41) is 7.27. The molecule has 0 radical (unpaired) electrons. The molecule has 0 saturated heterocycles. The molecule has 0 aliphatic carbocycles. The fraction of sp³-hybridized carbons (Fsp3) is 0.300. The van der Waals surface area contributed by atoms with Gasteiger partial charge in [0.25, 0.3) is 5.91 Å². The number of nitrogens with one attached hydrogen (secondary N) is 1. The second kappa shape index (κ2) is 5.01. The lowest BCUT2D eigenvalue weighted by Gasteiger charge is -2.05. The smallest absolute Gasteiger partial charge is 0.268 e. The summed E-state index contributed by atoms with van der Waals surface area (Å²) in [6.45, 7) is 1.08. The molecule has 0 aliphatic heterocycles. The highest BCUT2D eigenvalue weighted by Gasteiger charge is 2.10. The van der Waals surface area contributed by atoms with Crippen molar-refractivity contribution in [3.63, 3.8) is 0 Å². The molecule has 2 aromatic rings. The predicted octanol–water partition coefficient (Wildman–Crippen LogP) is 0.700. The van der Waals surface area contributed by atoms with Crippen molar-refractivity contribution in [2.24, 2.45) is 7.05 Å². The van der Waals surface area contributed by atoms with Crippen molar-refractivity contribution in [2.75, 3.05) is 6.54 Å². The van der Waals surface area contributed by atoms with Crippen LogP contribution < -0.4 is 5.32 Å². The zero-order valence-electron chi connectivity index (χ0n) is 9.30. The van der Waals surface area contributed by atoms with Crippen molar-refractivity contribution in [3.8, 4) is 0 Å². The minimum Gasteiger partial charge on any atom is -0.349 e. The molecule has 0 bridgehead atoms. The monoisotopic (exact) mass is 253 g/mol. The molecule has 90 valence electrons. The van der Waals surface area contributed by atoms with Crippen LogP contribution in [0.25, 0.3) is 0 Å². The van der Waals surface area contributed by atoms with E-state index in [1.807, 2.05) is 0 Å². The first kappa shape index (κ1) is 11.7. The largest absolute Gasteiger partial charge is 0.349 e. The minimum atomic E-state index is -0.153. The predicted molar refractivity (Wildman–Crippen MR) is 62.8 cm³/mol. The second-order valence-corrected chi connectivity index (χ2v) is 4.01. The third kappa shape index (κ3) is 2.85. The van der Waals surface area contributed by atoms with Crippen molar-refractivity contribution >= 4 is 17.5 Å². The molecule has 0 spiro atoms. The van der Waals surface area contributed by atoms with Crippen LogP contribution in [0.5, 0.6) is 0 Å². The van der Waals surface area contributed by atoms with Gasteiger partial charge in [-0.2, -0.15) is 5.10 Å². The zero-order valence-corrected chi connectivity index (χ0v) is 10.1. The normalized spacial score (nSPS) is 10.5. The van der Waals surface area contributed by atoms with Crippen LogP contribution in [0.2, 0.25) is 5.02 Å². The van der Waals surface area contributed by atoms with E-state index in [1.165, 1.54) is 6.33 Å². The molecule has 0 aromatic carbocycles. The molecule has 2 aromatic heterocycles. The van der Waals surface area contributed by atoms with Gasteiger partial charge in [0.1, 0.15) is 18.3 Å². The summed E-state index contributed by atoms with van der Waals surface area (Å²) < 4.78 is 3.34. The molecule has 0 fully saturated rings. The third-order valence-electron chi connectivity index (χ3n) is 2.30. The fourth-order valence-electron chi connectivity index (χ4n) is 1.47. The lowest BCUT2D eigenvalue weighted by Crippen LogP contribution is -2.28. The van der Waals surface area contributed by atoms with Gasteiger partial charge in [-0.3, -0.25) is 9.48 Å². The van der Waals surface area contributed by atoms with Crippen LogP contribution in [-0.2, 0) is 13.6 Å². The first-order chi connectivity index (χ1) is 8.16. The van der Waals surface area contributed by atoms with Gasteiger partial charge < -0.3 is 9.88 Å². The van der Waals surface area contributed by atoms with E-state index >= 15 is 0 Å². The molecule has 17 heavy (non-hydrogen) atoms. The zero-order chi connectivity index (χ0) is 12.3. The number of rotatable bonds is 4. The van der Waals surface area contributed by atoms with E-state index in [0.717, 1.165) is 0 Å². The average molecular weight is 254 g/mol. The summed E-state index contributed by atoms with van der Waals surface area (Å²) in [6, 6.07) is 1.63. The summed E-state index contributed by atoms with van der Waals surface area (Å²) >= 11 is 5.80. The maximum absolute atomic E-state index is 11.8. The fourth-order valence-corrected chi connectivity index (χ4v) is 1.72. The van der Waals surface area contributed by atoms with Crippen LogP contribution in [0.4, 0.5) is 0 Å². The van der Waals surface area contributed by atoms with Crippen LogP contribution >= 0.6 is 11.6 Å². The Kier molecular flexibility index (Phi) is 3.43. The average Bonchev–Trinajstić information content (AvgIpc) is 2.88. The standard InChI is InChI=1S/C10H12ClN5O/c1-15-5-8(11)4-9(15)10(17)13-2-3-16-7-12-6-14-16/h4-7H,2-3H2,1H3,(H,13,17). The van der Waals surface area contributed by atoms with Crippen molar-refractivity contribution in [2.45, 2.75) is 6.54 Å². The van der Waals surface area contributed by atoms with Crippen molar-refractivity contribution in [1.82, 2.24) is 24.6 Å². The number of nitrogens with zero attached hydrogens (tertiary/aromatic N) is 4. The van der Waals surface area contributed by atoms with Crippen molar-refractivity contribution < 1.29 is 4.79 Å². The summed E-state index contributed by atoms with van der Waals surface area (Å²) in [5.41, 5.74) is 0.536. The van der Waals surface area contributed by atoms with E-state index in [9.17, 15) is 4.79 Å². The number of carbonyl (C=O) groups is 1. The summed E-state index contributed by atoms with van der Waals surface area (Å²) in [5.74, 6) is -0.153. The van der Waals surface area contributed by atoms with Crippen LogP contribution in [-0.4, -0.2) is 31.8 Å². The minimum absolute atomic E-state index is 0.153. The Morgan fingerprint density at radius 3 is 3.00 bits per heavy atom. The first-order valence-electron chi connectivity index (χ1n) is 5.09. The Morgan fingerprint density at radius 1 is 1.59 bits per heavy atom. The lowest BCUT2D eigenvalue weighted by molar-refractivity contribution is 0.0944. The van der Waals surface area contributed by atoms with Crippen LogP contribution in [0.1, 0.15) is 10.5 Å². The number of hydrogen-bond acceptors (Lipinski definition) is 3. The number of hydrogen-bond donors (Lipinski definition) is 1. The topological polar surface area (TPSA) is 64.7 Å². The van der Waals surface area contributed by atoms with Gasteiger partial charge in [0.05, 0.1) is 11.6 Å². The second-order valence-electron chi connectivity index (χ2n) is 3.57. The SMILES string of the molecule is Cn1cc(Cl)cc1C(=O)NCCn1cncn1. The number of aromatic nitrogens is 4. The molecule has 2 heterocycles. The quantitative estimate of drug-likeness (QED) is 0.872. The molecule has 0 aliphatic rings. The molecule has 2 rings (SSSR count). The number of amides is 1. The molecular formula is C10H12ClN5O. The Hall–Kier alpha value is -1.82. The highest BCUT2D eigenvalue weighted by Crippen LogP contribution is 2.12. The van der Waals surface area contributed by atoms with Gasteiger partial charge in [0, 0.05) is 19.8 Å².